The van der Waals surface area contributed by atoms with Gasteiger partial charge in [-0.1, -0.05) is 12.1 Å². The zero-order valence-electron chi connectivity index (χ0n) is 18.9. The molecule has 1 saturated heterocycles. The van der Waals surface area contributed by atoms with Gasteiger partial charge >= 0.3 is 0 Å². The van der Waals surface area contributed by atoms with Gasteiger partial charge in [-0.3, -0.25) is 9.59 Å². The topological polar surface area (TPSA) is 89.2 Å². The molecule has 1 aliphatic rings. The SMILES string of the molecule is COc1ccc(CN2C(=O)C(=O)/C(=C(\O)c3ccc(OC)c(C)c3)C2c2ccc(C)o2)cc1. The number of carbonyl (C=O) groups excluding carboxylic acids is 2. The highest BCUT2D eigenvalue weighted by Crippen LogP contribution is 2.41. The molecule has 4 rings (SSSR count). The summed E-state index contributed by atoms with van der Waals surface area (Å²) in [5.74, 6) is 0.687. The third-order valence-electron chi connectivity index (χ3n) is 5.75. The first-order chi connectivity index (χ1) is 15.8. The highest BCUT2D eigenvalue weighted by molar-refractivity contribution is 6.46. The van der Waals surface area contributed by atoms with Crippen LogP contribution in [0, 0.1) is 13.8 Å². The molecular weight excluding hydrogens is 422 g/mol. The van der Waals surface area contributed by atoms with Gasteiger partial charge in [-0.15, -0.1) is 0 Å². The quantitative estimate of drug-likeness (QED) is 0.339. The number of furan rings is 1. The Kier molecular flexibility index (Phi) is 5.96. The van der Waals surface area contributed by atoms with Crippen LogP contribution in [-0.4, -0.2) is 35.9 Å². The number of carbonyl (C=O) groups is 2. The number of rotatable bonds is 6. The Morgan fingerprint density at radius 2 is 1.73 bits per heavy atom. The van der Waals surface area contributed by atoms with Crippen LogP contribution in [0.4, 0.5) is 0 Å². The molecule has 7 heteroatoms. The van der Waals surface area contributed by atoms with Crippen molar-refractivity contribution in [3.63, 3.8) is 0 Å². The molecule has 0 bridgehead atoms. The zero-order chi connectivity index (χ0) is 23.7. The standard InChI is InChI=1S/C26H25NO6/c1-15-13-18(8-12-20(15)32-4)24(28)22-23(21-11-5-16(2)33-21)27(26(30)25(22)29)14-17-6-9-19(31-3)10-7-17/h5-13,23,28H,14H2,1-4H3/b24-22-. The summed E-state index contributed by atoms with van der Waals surface area (Å²) in [6.45, 7) is 3.79. The van der Waals surface area contributed by atoms with Crippen molar-refractivity contribution in [1.29, 1.82) is 0 Å². The third-order valence-corrected chi connectivity index (χ3v) is 5.75. The van der Waals surface area contributed by atoms with Gasteiger partial charge < -0.3 is 23.9 Å². The summed E-state index contributed by atoms with van der Waals surface area (Å²) in [7, 11) is 3.14. The molecular formula is C26H25NO6. The molecule has 0 radical (unpaired) electrons. The minimum absolute atomic E-state index is 0.00701. The first-order valence-corrected chi connectivity index (χ1v) is 10.5. The lowest BCUT2D eigenvalue weighted by Gasteiger charge is -2.23. The van der Waals surface area contributed by atoms with Crippen LogP contribution in [0.1, 0.15) is 34.3 Å². The van der Waals surface area contributed by atoms with Gasteiger partial charge in [0.15, 0.2) is 0 Å². The summed E-state index contributed by atoms with van der Waals surface area (Å²) in [6.07, 6.45) is 0. The lowest BCUT2D eigenvalue weighted by molar-refractivity contribution is -0.140. The van der Waals surface area contributed by atoms with Gasteiger partial charge in [0, 0.05) is 12.1 Å². The van der Waals surface area contributed by atoms with Crippen molar-refractivity contribution in [1.82, 2.24) is 4.90 Å². The molecule has 3 aromatic rings. The fourth-order valence-electron chi connectivity index (χ4n) is 4.05. The first kappa shape index (κ1) is 22.2. The third kappa shape index (κ3) is 4.09. The second-order valence-corrected chi connectivity index (χ2v) is 7.91. The lowest BCUT2D eigenvalue weighted by Crippen LogP contribution is -2.29. The number of ether oxygens (including phenoxy) is 2. The zero-order valence-corrected chi connectivity index (χ0v) is 18.9. The van der Waals surface area contributed by atoms with E-state index in [1.54, 1.807) is 63.6 Å². The maximum Gasteiger partial charge on any atom is 0.296 e. The van der Waals surface area contributed by atoms with Gasteiger partial charge in [0.2, 0.25) is 0 Å². The Morgan fingerprint density at radius 3 is 2.30 bits per heavy atom. The van der Waals surface area contributed by atoms with E-state index in [0.717, 1.165) is 11.1 Å². The smallest absolute Gasteiger partial charge is 0.296 e. The highest BCUT2D eigenvalue weighted by Gasteiger charge is 2.47. The number of ketones is 1. The number of methoxy groups -OCH3 is 2. The predicted molar refractivity (Wildman–Crippen MR) is 122 cm³/mol. The van der Waals surface area contributed by atoms with Crippen LogP contribution in [0.15, 0.2) is 64.6 Å². The van der Waals surface area contributed by atoms with Crippen LogP contribution in [0.25, 0.3) is 5.76 Å². The molecule has 1 N–H and O–H groups in total. The molecule has 1 aromatic heterocycles. The fraction of sp³-hybridized carbons (Fsp3) is 0.231. The Bertz CT molecular complexity index is 1240. The van der Waals surface area contributed by atoms with Gasteiger partial charge in [-0.05, 0) is 67.4 Å². The average molecular weight is 447 g/mol. The highest BCUT2D eigenvalue weighted by atomic mass is 16.5. The van der Waals surface area contributed by atoms with Crippen molar-refractivity contribution < 1.29 is 28.6 Å². The number of aliphatic hydroxyl groups is 1. The molecule has 7 nitrogen and oxygen atoms in total. The van der Waals surface area contributed by atoms with E-state index in [-0.39, 0.29) is 17.9 Å². The minimum atomic E-state index is -0.858. The number of Topliss-reactive ketones (excluding diaryl/α,β-unsaturated/α-hetero) is 1. The molecule has 170 valence electrons. The summed E-state index contributed by atoms with van der Waals surface area (Å²) in [6, 6.07) is 15.0. The number of aryl methyl sites for hydroxylation is 2. The van der Waals surface area contributed by atoms with E-state index >= 15 is 0 Å². The summed E-state index contributed by atoms with van der Waals surface area (Å²) < 4.78 is 16.3. The normalized spacial score (nSPS) is 17.5. The van der Waals surface area contributed by atoms with Gasteiger partial charge in [-0.2, -0.15) is 0 Å². The molecule has 2 heterocycles. The van der Waals surface area contributed by atoms with Crippen molar-refractivity contribution >= 4 is 17.4 Å². The van der Waals surface area contributed by atoms with E-state index in [4.69, 9.17) is 13.9 Å². The molecule has 33 heavy (non-hydrogen) atoms. The maximum absolute atomic E-state index is 13.1. The number of hydrogen-bond acceptors (Lipinski definition) is 6. The Balaban J connectivity index is 1.81. The summed E-state index contributed by atoms with van der Waals surface area (Å²) in [4.78, 5) is 27.6. The minimum Gasteiger partial charge on any atom is -0.507 e. The fourth-order valence-corrected chi connectivity index (χ4v) is 4.05. The molecule has 1 fully saturated rings. The van der Waals surface area contributed by atoms with Crippen LogP contribution >= 0.6 is 0 Å². The van der Waals surface area contributed by atoms with E-state index in [1.165, 1.54) is 4.90 Å². The lowest BCUT2D eigenvalue weighted by atomic mass is 9.98. The molecule has 1 unspecified atom stereocenters. The summed E-state index contributed by atoms with van der Waals surface area (Å²) in [5, 5.41) is 11.2. The monoisotopic (exact) mass is 447 g/mol. The number of aliphatic hydroxyl groups excluding tert-OH is 1. The Labute approximate surface area is 191 Å². The maximum atomic E-state index is 13.1. The molecule has 1 aliphatic heterocycles. The van der Waals surface area contributed by atoms with E-state index in [1.807, 2.05) is 19.1 Å². The van der Waals surface area contributed by atoms with E-state index in [9.17, 15) is 14.7 Å². The predicted octanol–water partition coefficient (Wildman–Crippen LogP) is 4.54. The second kappa shape index (κ2) is 8.86. The number of hydrogen-bond donors (Lipinski definition) is 1. The van der Waals surface area contributed by atoms with Gasteiger partial charge in [0.1, 0.15) is 34.8 Å². The van der Waals surface area contributed by atoms with Crippen LogP contribution in [-0.2, 0) is 16.1 Å². The van der Waals surface area contributed by atoms with Crippen molar-refractivity contribution in [2.45, 2.75) is 26.4 Å². The van der Waals surface area contributed by atoms with E-state index in [2.05, 4.69) is 0 Å². The summed E-state index contributed by atoms with van der Waals surface area (Å²) >= 11 is 0. The largest absolute Gasteiger partial charge is 0.507 e. The molecule has 1 atom stereocenters. The van der Waals surface area contributed by atoms with Crippen LogP contribution in [0.2, 0.25) is 0 Å². The Morgan fingerprint density at radius 1 is 1.00 bits per heavy atom. The van der Waals surface area contributed by atoms with Crippen LogP contribution in [0.5, 0.6) is 11.5 Å². The van der Waals surface area contributed by atoms with Crippen molar-refractivity contribution in [2.24, 2.45) is 0 Å². The number of nitrogens with zero attached hydrogens (tertiary/aromatic N) is 1. The van der Waals surface area contributed by atoms with Gasteiger partial charge in [0.25, 0.3) is 11.7 Å². The average Bonchev–Trinajstić information content (AvgIpc) is 3.35. The van der Waals surface area contributed by atoms with Crippen LogP contribution < -0.4 is 9.47 Å². The molecule has 0 spiro atoms. The number of benzene rings is 2. The molecule has 2 aromatic carbocycles. The van der Waals surface area contributed by atoms with Crippen molar-refractivity contribution in [2.75, 3.05) is 14.2 Å². The summed E-state index contributed by atoms with van der Waals surface area (Å²) in [5.41, 5.74) is 2.02. The van der Waals surface area contributed by atoms with Crippen molar-refractivity contribution in [3.05, 3.63) is 88.4 Å². The molecule has 0 aliphatic carbocycles. The van der Waals surface area contributed by atoms with Gasteiger partial charge in [0.05, 0.1) is 19.8 Å². The van der Waals surface area contributed by atoms with Gasteiger partial charge in [-0.25, -0.2) is 0 Å². The van der Waals surface area contributed by atoms with Crippen molar-refractivity contribution in [3.8, 4) is 11.5 Å². The van der Waals surface area contributed by atoms with E-state index < -0.39 is 17.7 Å². The molecule has 1 amide bonds. The first-order valence-electron chi connectivity index (χ1n) is 10.5. The Hall–Kier alpha value is -4.00. The van der Waals surface area contributed by atoms with E-state index in [0.29, 0.717) is 28.6 Å². The van der Waals surface area contributed by atoms with Crippen LogP contribution in [0.3, 0.4) is 0 Å². The molecule has 0 saturated carbocycles. The second-order valence-electron chi connectivity index (χ2n) is 7.91. The number of amides is 1. The number of likely N-dealkylation sites (tertiary alicyclic amines) is 1.